The maximum atomic E-state index is 12.6. The second-order valence-corrected chi connectivity index (χ2v) is 7.03. The number of piperazine rings is 1. The third-order valence-electron chi connectivity index (χ3n) is 5.43. The summed E-state index contributed by atoms with van der Waals surface area (Å²) in [7, 11) is 1.69. The molecule has 0 N–H and O–H groups in total. The molecular weight excluding hydrogens is 356 g/mol. The molecule has 0 aromatic heterocycles. The quantitative estimate of drug-likeness (QED) is 0.781. The number of imide groups is 1. The smallest absolute Gasteiger partial charge is 0.350 e. The Bertz CT molecular complexity index is 853. The normalized spacial score (nSPS) is 22.3. The van der Waals surface area contributed by atoms with Crippen LogP contribution in [0.25, 0.3) is 0 Å². The van der Waals surface area contributed by atoms with E-state index in [2.05, 4.69) is 20.9 Å². The van der Waals surface area contributed by atoms with Crippen LogP contribution in [0.4, 0.5) is 10.5 Å². The van der Waals surface area contributed by atoms with Gasteiger partial charge < -0.3 is 9.64 Å². The first-order valence-electron chi connectivity index (χ1n) is 9.56. The number of hydrogen-bond donors (Lipinski definition) is 0. The van der Waals surface area contributed by atoms with Crippen LogP contribution in [0.5, 0.6) is 5.75 Å². The molecule has 1 fully saturated rings. The van der Waals surface area contributed by atoms with E-state index < -0.39 is 11.9 Å². The van der Waals surface area contributed by atoms with E-state index in [1.807, 2.05) is 24.3 Å². The third-order valence-corrected chi connectivity index (χ3v) is 5.43. The summed E-state index contributed by atoms with van der Waals surface area (Å²) in [5, 5.41) is 0. The van der Waals surface area contributed by atoms with Crippen molar-refractivity contribution in [2.24, 2.45) is 10.9 Å². The maximum absolute atomic E-state index is 12.6. The van der Waals surface area contributed by atoms with E-state index >= 15 is 0 Å². The minimum Gasteiger partial charge on any atom is -0.495 e. The fourth-order valence-electron chi connectivity index (χ4n) is 3.83. The molecular formula is C21H24N4O3. The molecule has 0 saturated carbocycles. The number of carbonyl (C=O) groups excluding carboxylic acids is 2. The molecule has 1 aliphatic carbocycles. The zero-order valence-corrected chi connectivity index (χ0v) is 16.0. The molecule has 4 rings (SSSR count). The van der Waals surface area contributed by atoms with Gasteiger partial charge in [-0.1, -0.05) is 30.4 Å². The molecule has 0 spiro atoms. The lowest BCUT2D eigenvalue weighted by Gasteiger charge is -2.37. The third kappa shape index (κ3) is 3.57. The number of anilines is 1. The van der Waals surface area contributed by atoms with Crippen molar-refractivity contribution < 1.29 is 14.3 Å². The van der Waals surface area contributed by atoms with Crippen LogP contribution in [0.2, 0.25) is 0 Å². The van der Waals surface area contributed by atoms with Gasteiger partial charge in [-0.3, -0.25) is 14.6 Å². The topological polar surface area (TPSA) is 65.5 Å². The highest BCUT2D eigenvalue weighted by Gasteiger charge is 2.35. The van der Waals surface area contributed by atoms with Gasteiger partial charge in [0, 0.05) is 39.3 Å². The number of nitrogens with zero attached hydrogens (tertiary/aromatic N) is 4. The van der Waals surface area contributed by atoms with Gasteiger partial charge in [0.05, 0.1) is 24.4 Å². The van der Waals surface area contributed by atoms with Crippen LogP contribution in [0.3, 0.4) is 0 Å². The largest absolute Gasteiger partial charge is 0.495 e. The number of carbonyl (C=O) groups is 2. The Balaban J connectivity index is 1.33. The minimum atomic E-state index is -0.455. The Morgan fingerprint density at radius 3 is 2.64 bits per heavy atom. The number of fused-ring (bicyclic) bond motifs is 1. The number of amides is 3. The molecule has 7 heteroatoms. The van der Waals surface area contributed by atoms with E-state index in [1.165, 1.54) is 4.90 Å². The summed E-state index contributed by atoms with van der Waals surface area (Å²) >= 11 is 0. The predicted molar refractivity (Wildman–Crippen MR) is 108 cm³/mol. The average molecular weight is 380 g/mol. The van der Waals surface area contributed by atoms with Crippen molar-refractivity contribution in [2.75, 3.05) is 51.3 Å². The van der Waals surface area contributed by atoms with E-state index in [4.69, 9.17) is 4.74 Å². The molecule has 3 aliphatic rings. The summed E-state index contributed by atoms with van der Waals surface area (Å²) in [6.07, 6.45) is 7.15. The summed E-state index contributed by atoms with van der Waals surface area (Å²) < 4.78 is 5.46. The molecule has 1 saturated heterocycles. The summed E-state index contributed by atoms with van der Waals surface area (Å²) in [4.78, 5) is 34.9. The van der Waals surface area contributed by atoms with Crippen LogP contribution in [0.1, 0.15) is 0 Å². The highest BCUT2D eigenvalue weighted by molar-refractivity contribution is 6.21. The lowest BCUT2D eigenvalue weighted by atomic mass is 9.95. The van der Waals surface area contributed by atoms with Gasteiger partial charge in [0.25, 0.3) is 0 Å². The highest BCUT2D eigenvalue weighted by atomic mass is 16.5. The second kappa shape index (κ2) is 7.98. The lowest BCUT2D eigenvalue weighted by molar-refractivity contribution is -0.129. The van der Waals surface area contributed by atoms with E-state index in [0.717, 1.165) is 37.6 Å². The van der Waals surface area contributed by atoms with Crippen molar-refractivity contribution >= 4 is 23.3 Å². The zero-order valence-electron chi connectivity index (χ0n) is 16.0. The Labute approximate surface area is 164 Å². The molecule has 3 amide bonds. The van der Waals surface area contributed by atoms with Gasteiger partial charge in [-0.25, -0.2) is 4.79 Å². The number of ether oxygens (including phenoxy) is 1. The minimum absolute atomic E-state index is 0.178. The van der Waals surface area contributed by atoms with Crippen LogP contribution in [0, 0.1) is 5.92 Å². The molecule has 28 heavy (non-hydrogen) atoms. The zero-order chi connectivity index (χ0) is 19.5. The summed E-state index contributed by atoms with van der Waals surface area (Å²) in [6.45, 7) is 4.52. The van der Waals surface area contributed by atoms with Gasteiger partial charge in [-0.05, 0) is 18.2 Å². The Kier molecular flexibility index (Phi) is 5.25. The van der Waals surface area contributed by atoms with Crippen LogP contribution < -0.4 is 9.64 Å². The Morgan fingerprint density at radius 2 is 1.86 bits per heavy atom. The molecule has 1 unspecified atom stereocenters. The summed E-state index contributed by atoms with van der Waals surface area (Å²) in [5.74, 6) is 0.275. The molecule has 146 valence electrons. The van der Waals surface area contributed by atoms with Crippen LogP contribution in [-0.2, 0) is 4.79 Å². The molecule has 2 heterocycles. The van der Waals surface area contributed by atoms with E-state index in [9.17, 15) is 9.59 Å². The number of methoxy groups -OCH3 is 1. The maximum Gasteiger partial charge on any atom is 0.350 e. The van der Waals surface area contributed by atoms with Gasteiger partial charge in [0.2, 0.25) is 5.91 Å². The summed E-state index contributed by atoms with van der Waals surface area (Å²) in [5.41, 5.74) is 1.64. The fraction of sp³-hybridized carbons (Fsp3) is 0.381. The SMILES string of the molecule is COc1ccccc1N1CCN(CCN2C(=O)N=C3C=CC=CC3C2=O)CC1. The van der Waals surface area contributed by atoms with E-state index in [0.29, 0.717) is 18.8 Å². The first kappa shape index (κ1) is 18.4. The number of benzene rings is 1. The highest BCUT2D eigenvalue weighted by Crippen LogP contribution is 2.28. The van der Waals surface area contributed by atoms with Gasteiger partial charge in [-0.15, -0.1) is 0 Å². The number of para-hydroxylation sites is 2. The first-order chi connectivity index (χ1) is 13.7. The van der Waals surface area contributed by atoms with Crippen molar-refractivity contribution in [1.82, 2.24) is 9.80 Å². The van der Waals surface area contributed by atoms with Gasteiger partial charge in [0.15, 0.2) is 0 Å². The molecule has 1 aromatic rings. The predicted octanol–water partition coefficient (Wildman–Crippen LogP) is 1.96. The average Bonchev–Trinajstić information content (AvgIpc) is 2.74. The first-order valence-corrected chi connectivity index (χ1v) is 9.56. The van der Waals surface area contributed by atoms with Gasteiger partial charge in [-0.2, -0.15) is 4.99 Å². The molecule has 1 aromatic carbocycles. The number of rotatable bonds is 5. The van der Waals surface area contributed by atoms with Gasteiger partial charge >= 0.3 is 6.03 Å². The molecule has 2 aliphatic heterocycles. The van der Waals surface area contributed by atoms with Crippen LogP contribution in [-0.4, -0.2) is 73.8 Å². The van der Waals surface area contributed by atoms with Crippen molar-refractivity contribution in [3.05, 3.63) is 48.6 Å². The van der Waals surface area contributed by atoms with Crippen molar-refractivity contribution in [1.29, 1.82) is 0 Å². The molecule has 0 radical (unpaired) electrons. The number of aliphatic imine (C=N–C) groups is 1. The second-order valence-electron chi connectivity index (χ2n) is 7.03. The van der Waals surface area contributed by atoms with Gasteiger partial charge in [0.1, 0.15) is 5.75 Å². The Hall–Kier alpha value is -2.93. The van der Waals surface area contributed by atoms with Crippen molar-refractivity contribution in [2.45, 2.75) is 0 Å². The van der Waals surface area contributed by atoms with E-state index in [-0.39, 0.29) is 5.91 Å². The number of urea groups is 1. The Morgan fingerprint density at radius 1 is 1.07 bits per heavy atom. The lowest BCUT2D eigenvalue weighted by Crippen LogP contribution is -2.52. The van der Waals surface area contributed by atoms with Crippen molar-refractivity contribution in [3.8, 4) is 5.75 Å². The molecule has 1 atom stereocenters. The van der Waals surface area contributed by atoms with Crippen LogP contribution >= 0.6 is 0 Å². The molecule has 7 nitrogen and oxygen atoms in total. The van der Waals surface area contributed by atoms with E-state index in [1.54, 1.807) is 25.3 Å². The molecule has 0 bridgehead atoms. The number of allylic oxidation sites excluding steroid dienone is 3. The standard InChI is InChI=1S/C21H24N4O3/c1-28-19-9-5-4-8-18(19)24-13-10-23(11-14-24)12-15-25-20(26)16-6-2-3-7-17(16)22-21(25)27/h2-9,16H,10-15H2,1H3. The summed E-state index contributed by atoms with van der Waals surface area (Å²) in [6, 6.07) is 7.57. The van der Waals surface area contributed by atoms with Crippen molar-refractivity contribution in [3.63, 3.8) is 0 Å². The fourth-order valence-corrected chi connectivity index (χ4v) is 3.83. The van der Waals surface area contributed by atoms with Crippen LogP contribution in [0.15, 0.2) is 53.6 Å². The number of hydrogen-bond acceptors (Lipinski definition) is 5. The monoisotopic (exact) mass is 380 g/mol.